The lowest BCUT2D eigenvalue weighted by atomic mass is 10.1. The quantitative estimate of drug-likeness (QED) is 0.807. The second-order valence-electron chi connectivity index (χ2n) is 3.54. The fourth-order valence-electron chi connectivity index (χ4n) is 1.44. The van der Waals surface area contributed by atoms with Crippen molar-refractivity contribution in [3.63, 3.8) is 0 Å². The van der Waals surface area contributed by atoms with Crippen LogP contribution in [0.15, 0.2) is 23.0 Å². The summed E-state index contributed by atoms with van der Waals surface area (Å²) in [5.41, 5.74) is 3.12. The van der Waals surface area contributed by atoms with Crippen molar-refractivity contribution in [3.8, 4) is 0 Å². The number of benzene rings is 1. The van der Waals surface area contributed by atoms with Crippen molar-refractivity contribution < 1.29 is 0 Å². The topological polar surface area (TPSA) is 45.8 Å². The highest BCUT2D eigenvalue weighted by Crippen LogP contribution is 2.23. The van der Waals surface area contributed by atoms with Gasteiger partial charge in [0.05, 0.1) is 11.0 Å². The van der Waals surface area contributed by atoms with Crippen LogP contribution in [0.1, 0.15) is 23.0 Å². The first-order chi connectivity index (χ1) is 7.08. The zero-order chi connectivity index (χ0) is 11.0. The summed E-state index contributed by atoms with van der Waals surface area (Å²) in [5, 5.41) is 0. The van der Waals surface area contributed by atoms with Crippen LogP contribution in [-0.4, -0.2) is 9.97 Å². The number of hydrogen-bond acceptors (Lipinski definition) is 2. The summed E-state index contributed by atoms with van der Waals surface area (Å²) in [5.74, 6) is 0. The number of aromatic nitrogens is 2. The number of nitrogens with one attached hydrogen (secondary N) is 1. The number of rotatable bonds is 1. The molecule has 0 aliphatic carbocycles. The lowest BCUT2D eigenvalue weighted by Crippen LogP contribution is -2.11. The van der Waals surface area contributed by atoms with E-state index in [0.717, 1.165) is 16.6 Å². The van der Waals surface area contributed by atoms with E-state index in [4.69, 9.17) is 0 Å². The summed E-state index contributed by atoms with van der Waals surface area (Å²) in [6.07, 6.45) is 0. The Hall–Kier alpha value is -1.16. The molecule has 0 saturated heterocycles. The highest BCUT2D eigenvalue weighted by atomic mass is 79.9. The lowest BCUT2D eigenvalue weighted by molar-refractivity contribution is 1.10. The smallest absolute Gasteiger partial charge is 0.269 e. The number of nitrogens with zero attached hydrogens (tertiary/aromatic N) is 1. The fourth-order valence-corrected chi connectivity index (χ4v) is 1.73. The zero-order valence-corrected chi connectivity index (χ0v) is 10.1. The molecule has 0 saturated carbocycles. The number of aromatic amines is 1. The van der Waals surface area contributed by atoms with Crippen LogP contribution in [0.5, 0.6) is 0 Å². The number of H-pyrrole nitrogens is 1. The predicted octanol–water partition coefficient (Wildman–Crippen LogP) is 2.69. The molecule has 3 nitrogen and oxygen atoms in total. The molecule has 2 aromatic rings. The van der Waals surface area contributed by atoms with E-state index in [-0.39, 0.29) is 10.4 Å². The normalized spacial score (nSPS) is 13.0. The van der Waals surface area contributed by atoms with Gasteiger partial charge in [-0.3, -0.25) is 4.79 Å². The number of fused-ring (bicyclic) bond motifs is 1. The summed E-state index contributed by atoms with van der Waals surface area (Å²) >= 11 is 3.49. The molecular formula is C11H11BrN2O. The maximum absolute atomic E-state index is 11.4. The molecule has 1 heterocycles. The highest BCUT2D eigenvalue weighted by molar-refractivity contribution is 9.09. The average Bonchev–Trinajstić information content (AvgIpc) is 2.19. The Morgan fingerprint density at radius 3 is 2.87 bits per heavy atom. The minimum Gasteiger partial charge on any atom is -0.319 e. The first-order valence-electron chi connectivity index (χ1n) is 4.72. The van der Waals surface area contributed by atoms with Crippen LogP contribution in [0.3, 0.4) is 0 Å². The van der Waals surface area contributed by atoms with E-state index >= 15 is 0 Å². The summed E-state index contributed by atoms with van der Waals surface area (Å²) in [4.78, 5) is 18.7. The maximum atomic E-state index is 11.4. The molecule has 0 bridgehead atoms. The standard InChI is InChI=1S/C11H11BrN2O/c1-6(12)8-3-4-9-10(5-8)14-11(15)7(2)13-9/h3-6H,1-2H3,(H,14,15). The Bertz CT molecular complexity index is 560. The molecular weight excluding hydrogens is 256 g/mol. The van der Waals surface area contributed by atoms with Gasteiger partial charge in [0.1, 0.15) is 5.69 Å². The third-order valence-corrected chi connectivity index (χ3v) is 2.87. The van der Waals surface area contributed by atoms with Gasteiger partial charge in [0, 0.05) is 4.83 Å². The number of hydrogen-bond donors (Lipinski definition) is 1. The predicted molar refractivity (Wildman–Crippen MR) is 64.4 cm³/mol. The van der Waals surface area contributed by atoms with Crippen LogP contribution in [0, 0.1) is 6.92 Å². The van der Waals surface area contributed by atoms with E-state index in [1.807, 2.05) is 25.1 Å². The molecule has 1 aromatic heterocycles. The maximum Gasteiger partial charge on any atom is 0.269 e. The van der Waals surface area contributed by atoms with E-state index < -0.39 is 0 Å². The monoisotopic (exact) mass is 266 g/mol. The van der Waals surface area contributed by atoms with Gasteiger partial charge in [-0.25, -0.2) is 4.98 Å². The van der Waals surface area contributed by atoms with E-state index in [1.165, 1.54) is 0 Å². The van der Waals surface area contributed by atoms with Crippen molar-refractivity contribution >= 4 is 27.0 Å². The molecule has 1 atom stereocenters. The van der Waals surface area contributed by atoms with Crippen LogP contribution in [-0.2, 0) is 0 Å². The number of halogens is 1. The van der Waals surface area contributed by atoms with Gasteiger partial charge in [-0.1, -0.05) is 22.0 Å². The van der Waals surface area contributed by atoms with E-state index in [9.17, 15) is 4.79 Å². The molecule has 1 N–H and O–H groups in total. The number of alkyl halides is 1. The van der Waals surface area contributed by atoms with Crippen molar-refractivity contribution in [2.45, 2.75) is 18.7 Å². The van der Waals surface area contributed by atoms with Crippen molar-refractivity contribution in [2.75, 3.05) is 0 Å². The first kappa shape index (κ1) is 10.4. The molecule has 0 radical (unpaired) electrons. The summed E-state index contributed by atoms with van der Waals surface area (Å²) in [6, 6.07) is 5.88. The fraction of sp³-hybridized carbons (Fsp3) is 0.273. The summed E-state index contributed by atoms with van der Waals surface area (Å²) < 4.78 is 0. The Labute approximate surface area is 95.7 Å². The second-order valence-corrected chi connectivity index (χ2v) is 4.92. The van der Waals surface area contributed by atoms with E-state index in [2.05, 4.69) is 25.9 Å². The van der Waals surface area contributed by atoms with Gasteiger partial charge in [-0.2, -0.15) is 0 Å². The molecule has 0 amide bonds. The van der Waals surface area contributed by atoms with Gasteiger partial charge in [0.15, 0.2) is 0 Å². The molecule has 0 aliphatic heterocycles. The molecule has 0 aliphatic rings. The minimum absolute atomic E-state index is 0.123. The van der Waals surface area contributed by atoms with Crippen LogP contribution < -0.4 is 5.56 Å². The Morgan fingerprint density at radius 2 is 2.20 bits per heavy atom. The van der Waals surface area contributed by atoms with Gasteiger partial charge >= 0.3 is 0 Å². The minimum atomic E-state index is -0.123. The third kappa shape index (κ3) is 1.95. The van der Waals surface area contributed by atoms with Crippen LogP contribution >= 0.6 is 15.9 Å². The lowest BCUT2D eigenvalue weighted by Gasteiger charge is -2.05. The van der Waals surface area contributed by atoms with Gasteiger partial charge in [0.25, 0.3) is 5.56 Å². The van der Waals surface area contributed by atoms with Crippen molar-refractivity contribution in [3.05, 3.63) is 39.8 Å². The van der Waals surface area contributed by atoms with Crippen molar-refractivity contribution in [2.24, 2.45) is 0 Å². The highest BCUT2D eigenvalue weighted by Gasteiger charge is 2.04. The number of aryl methyl sites for hydroxylation is 1. The van der Waals surface area contributed by atoms with Crippen LogP contribution in [0.2, 0.25) is 0 Å². The van der Waals surface area contributed by atoms with E-state index in [1.54, 1.807) is 6.92 Å². The van der Waals surface area contributed by atoms with Crippen molar-refractivity contribution in [1.29, 1.82) is 0 Å². The first-order valence-corrected chi connectivity index (χ1v) is 5.64. The third-order valence-electron chi connectivity index (χ3n) is 2.34. The van der Waals surface area contributed by atoms with Gasteiger partial charge < -0.3 is 4.98 Å². The Morgan fingerprint density at radius 1 is 1.47 bits per heavy atom. The molecule has 2 rings (SSSR count). The zero-order valence-electron chi connectivity index (χ0n) is 8.54. The molecule has 1 aromatic carbocycles. The average molecular weight is 267 g/mol. The van der Waals surface area contributed by atoms with E-state index in [0.29, 0.717) is 5.69 Å². The van der Waals surface area contributed by atoms with Crippen molar-refractivity contribution in [1.82, 2.24) is 9.97 Å². The largest absolute Gasteiger partial charge is 0.319 e. The van der Waals surface area contributed by atoms with Gasteiger partial charge in [-0.15, -0.1) is 0 Å². The van der Waals surface area contributed by atoms with Gasteiger partial charge in [-0.05, 0) is 31.5 Å². The van der Waals surface area contributed by atoms with Crippen LogP contribution in [0.4, 0.5) is 0 Å². The Balaban J connectivity index is 2.72. The molecule has 78 valence electrons. The molecule has 4 heteroatoms. The summed E-state index contributed by atoms with van der Waals surface area (Å²) in [6.45, 7) is 3.75. The van der Waals surface area contributed by atoms with Crippen LogP contribution in [0.25, 0.3) is 11.0 Å². The molecule has 0 spiro atoms. The van der Waals surface area contributed by atoms with Gasteiger partial charge in [0.2, 0.25) is 0 Å². The molecule has 15 heavy (non-hydrogen) atoms. The second kappa shape index (κ2) is 3.77. The molecule has 0 fully saturated rings. The summed E-state index contributed by atoms with van der Waals surface area (Å²) in [7, 11) is 0. The molecule has 1 unspecified atom stereocenters. The Kier molecular flexibility index (Phi) is 2.61. The SMILES string of the molecule is Cc1nc2ccc(C(C)Br)cc2[nH]c1=O.